The molecule has 15 heavy (non-hydrogen) atoms. The molecule has 86 valence electrons. The lowest BCUT2D eigenvalue weighted by atomic mass is 10.2. The molecule has 0 heterocycles. The van der Waals surface area contributed by atoms with E-state index in [0.29, 0.717) is 6.54 Å². The minimum absolute atomic E-state index is 0.0663. The molecule has 2 N–H and O–H groups in total. The van der Waals surface area contributed by atoms with E-state index in [4.69, 9.17) is 6.42 Å². The Hall–Kier alpha value is -1.01. The first-order valence-electron chi connectivity index (χ1n) is 5.64. The Balaban J connectivity index is 3.37. The van der Waals surface area contributed by atoms with Crippen LogP contribution in [-0.2, 0) is 4.79 Å². The summed E-state index contributed by atoms with van der Waals surface area (Å²) in [5.74, 6) is 2.63. The lowest BCUT2D eigenvalue weighted by Crippen LogP contribution is -2.39. The van der Waals surface area contributed by atoms with Crippen molar-refractivity contribution in [1.29, 1.82) is 0 Å². The highest BCUT2D eigenvalue weighted by molar-refractivity contribution is 5.78. The molecule has 1 amide bonds. The molecule has 0 aliphatic carbocycles. The van der Waals surface area contributed by atoms with Crippen LogP contribution in [0.4, 0.5) is 0 Å². The van der Waals surface area contributed by atoms with Crippen molar-refractivity contribution in [3.05, 3.63) is 0 Å². The third-order valence-corrected chi connectivity index (χ3v) is 2.09. The van der Waals surface area contributed by atoms with Gasteiger partial charge in [-0.1, -0.05) is 13.3 Å². The number of hydrogen-bond donors (Lipinski definition) is 2. The molecular weight excluding hydrogens is 188 g/mol. The Morgan fingerprint density at radius 1 is 1.53 bits per heavy atom. The SMILES string of the molecule is C#CCCCNCC(=O)NC(C)CCC. The van der Waals surface area contributed by atoms with E-state index in [1.165, 1.54) is 0 Å². The van der Waals surface area contributed by atoms with Crippen molar-refractivity contribution in [1.82, 2.24) is 10.6 Å². The first-order valence-corrected chi connectivity index (χ1v) is 5.64. The van der Waals surface area contributed by atoms with Gasteiger partial charge in [0.05, 0.1) is 6.54 Å². The molecule has 0 aromatic heterocycles. The number of hydrogen-bond acceptors (Lipinski definition) is 2. The number of nitrogens with one attached hydrogen (secondary N) is 2. The molecule has 0 aromatic rings. The van der Waals surface area contributed by atoms with Gasteiger partial charge in [0, 0.05) is 12.5 Å². The van der Waals surface area contributed by atoms with Crippen LogP contribution < -0.4 is 10.6 Å². The molecule has 0 fully saturated rings. The van der Waals surface area contributed by atoms with Crippen molar-refractivity contribution in [2.24, 2.45) is 0 Å². The maximum absolute atomic E-state index is 11.3. The molecule has 0 saturated carbocycles. The predicted octanol–water partition coefficient (Wildman–Crippen LogP) is 1.29. The van der Waals surface area contributed by atoms with Gasteiger partial charge < -0.3 is 10.6 Å². The van der Waals surface area contributed by atoms with Crippen LogP contribution in [0.15, 0.2) is 0 Å². The average molecular weight is 210 g/mol. The summed E-state index contributed by atoms with van der Waals surface area (Å²) in [5, 5.41) is 5.99. The van der Waals surface area contributed by atoms with Crippen LogP contribution in [0.1, 0.15) is 39.5 Å². The van der Waals surface area contributed by atoms with Crippen molar-refractivity contribution >= 4 is 5.91 Å². The third-order valence-electron chi connectivity index (χ3n) is 2.09. The number of carbonyl (C=O) groups excluding carboxylic acids is 1. The Kier molecular flexibility index (Phi) is 8.90. The Labute approximate surface area is 93.0 Å². The third kappa shape index (κ3) is 9.30. The van der Waals surface area contributed by atoms with Crippen LogP contribution in [-0.4, -0.2) is 25.0 Å². The van der Waals surface area contributed by atoms with Gasteiger partial charge in [-0.2, -0.15) is 0 Å². The fourth-order valence-corrected chi connectivity index (χ4v) is 1.35. The highest BCUT2D eigenvalue weighted by Gasteiger charge is 2.04. The van der Waals surface area contributed by atoms with Gasteiger partial charge in [0.2, 0.25) is 5.91 Å². The van der Waals surface area contributed by atoms with E-state index in [2.05, 4.69) is 23.5 Å². The van der Waals surface area contributed by atoms with Gasteiger partial charge in [0.1, 0.15) is 0 Å². The van der Waals surface area contributed by atoms with Crippen LogP contribution in [0.2, 0.25) is 0 Å². The fourth-order valence-electron chi connectivity index (χ4n) is 1.35. The van der Waals surface area contributed by atoms with Crippen LogP contribution >= 0.6 is 0 Å². The van der Waals surface area contributed by atoms with Gasteiger partial charge in [-0.05, 0) is 26.3 Å². The zero-order chi connectivity index (χ0) is 11.5. The van der Waals surface area contributed by atoms with Gasteiger partial charge in [0.15, 0.2) is 0 Å². The topological polar surface area (TPSA) is 41.1 Å². The molecule has 1 atom stereocenters. The summed E-state index contributed by atoms with van der Waals surface area (Å²) in [4.78, 5) is 11.3. The zero-order valence-corrected chi connectivity index (χ0v) is 9.81. The maximum atomic E-state index is 11.3. The van der Waals surface area contributed by atoms with E-state index in [1.807, 2.05) is 6.92 Å². The first kappa shape index (κ1) is 14.0. The zero-order valence-electron chi connectivity index (χ0n) is 9.81. The fraction of sp³-hybridized carbons (Fsp3) is 0.750. The summed E-state index contributed by atoms with van der Waals surface area (Å²) in [7, 11) is 0. The van der Waals surface area contributed by atoms with Crippen molar-refractivity contribution in [3.8, 4) is 12.3 Å². The van der Waals surface area contributed by atoms with Crippen molar-refractivity contribution in [2.45, 2.75) is 45.6 Å². The standard InChI is InChI=1S/C12H22N2O/c1-4-6-7-9-13-10-12(15)14-11(3)8-5-2/h1,11,13H,5-10H2,2-3H3,(H,14,15). The van der Waals surface area contributed by atoms with Crippen molar-refractivity contribution in [3.63, 3.8) is 0 Å². The molecule has 0 spiro atoms. The Bertz CT molecular complexity index is 208. The van der Waals surface area contributed by atoms with Crippen LogP contribution in [0.25, 0.3) is 0 Å². The highest BCUT2D eigenvalue weighted by Crippen LogP contribution is 1.93. The van der Waals surface area contributed by atoms with Gasteiger partial charge in [0.25, 0.3) is 0 Å². The van der Waals surface area contributed by atoms with Crippen molar-refractivity contribution in [2.75, 3.05) is 13.1 Å². The molecule has 3 nitrogen and oxygen atoms in total. The second-order valence-electron chi connectivity index (χ2n) is 3.74. The van der Waals surface area contributed by atoms with Crippen molar-refractivity contribution < 1.29 is 4.79 Å². The van der Waals surface area contributed by atoms with E-state index in [0.717, 1.165) is 32.2 Å². The van der Waals surface area contributed by atoms with Gasteiger partial charge >= 0.3 is 0 Å². The Morgan fingerprint density at radius 2 is 2.27 bits per heavy atom. The summed E-state index contributed by atoms with van der Waals surface area (Å²) < 4.78 is 0. The monoisotopic (exact) mass is 210 g/mol. The molecule has 0 saturated heterocycles. The molecule has 0 aliphatic rings. The predicted molar refractivity (Wildman–Crippen MR) is 63.4 cm³/mol. The summed E-state index contributed by atoms with van der Waals surface area (Å²) >= 11 is 0. The second kappa shape index (κ2) is 9.54. The van der Waals surface area contributed by atoms with Gasteiger partial charge in [-0.25, -0.2) is 0 Å². The highest BCUT2D eigenvalue weighted by atomic mass is 16.1. The summed E-state index contributed by atoms with van der Waals surface area (Å²) in [6.07, 6.45) is 8.93. The summed E-state index contributed by atoms with van der Waals surface area (Å²) in [5.41, 5.74) is 0. The smallest absolute Gasteiger partial charge is 0.234 e. The summed E-state index contributed by atoms with van der Waals surface area (Å²) in [6.45, 7) is 5.33. The lowest BCUT2D eigenvalue weighted by molar-refractivity contribution is -0.120. The molecule has 3 heteroatoms. The molecule has 0 bridgehead atoms. The van der Waals surface area contributed by atoms with E-state index in [1.54, 1.807) is 0 Å². The lowest BCUT2D eigenvalue weighted by Gasteiger charge is -2.12. The number of terminal acetylenes is 1. The van der Waals surface area contributed by atoms with Crippen LogP contribution in [0.3, 0.4) is 0 Å². The van der Waals surface area contributed by atoms with E-state index in [9.17, 15) is 4.79 Å². The normalized spacial score (nSPS) is 11.8. The van der Waals surface area contributed by atoms with E-state index < -0.39 is 0 Å². The molecule has 0 radical (unpaired) electrons. The largest absolute Gasteiger partial charge is 0.353 e. The summed E-state index contributed by atoms with van der Waals surface area (Å²) in [6, 6.07) is 0.273. The van der Waals surface area contributed by atoms with Crippen LogP contribution in [0.5, 0.6) is 0 Å². The number of carbonyl (C=O) groups is 1. The van der Waals surface area contributed by atoms with Gasteiger partial charge in [-0.15, -0.1) is 12.3 Å². The molecule has 0 aromatic carbocycles. The molecule has 0 aliphatic heterocycles. The molecule has 0 rings (SSSR count). The number of unbranched alkanes of at least 4 members (excludes halogenated alkanes) is 1. The van der Waals surface area contributed by atoms with Crippen LogP contribution in [0, 0.1) is 12.3 Å². The van der Waals surface area contributed by atoms with E-state index in [-0.39, 0.29) is 11.9 Å². The second-order valence-corrected chi connectivity index (χ2v) is 3.74. The maximum Gasteiger partial charge on any atom is 0.234 e. The average Bonchev–Trinajstić information content (AvgIpc) is 2.17. The number of amides is 1. The minimum atomic E-state index is 0.0663. The quantitative estimate of drug-likeness (QED) is 0.468. The minimum Gasteiger partial charge on any atom is -0.353 e. The molecule has 1 unspecified atom stereocenters. The number of rotatable bonds is 8. The van der Waals surface area contributed by atoms with E-state index >= 15 is 0 Å². The molecular formula is C12H22N2O. The Morgan fingerprint density at radius 3 is 2.87 bits per heavy atom. The van der Waals surface area contributed by atoms with Gasteiger partial charge in [-0.3, -0.25) is 4.79 Å². The first-order chi connectivity index (χ1) is 7.20.